The topological polar surface area (TPSA) is 41.5 Å². The third-order valence-corrected chi connectivity index (χ3v) is 2.26. The second kappa shape index (κ2) is 12.0. The van der Waals surface area contributed by atoms with Crippen LogP contribution in [0.2, 0.25) is 0 Å². The Hall–Kier alpha value is -0.120. The number of unbranched alkanes of at least 4 members (excludes halogenated alkanes) is 3. The molecule has 2 N–H and O–H groups in total. The minimum atomic E-state index is -0.359. The molecule has 0 aromatic carbocycles. The Balaban J connectivity index is 3.06. The number of aliphatic hydroxyl groups excluding tert-OH is 1. The summed E-state index contributed by atoms with van der Waals surface area (Å²) in [5.41, 5.74) is 0. The van der Waals surface area contributed by atoms with Gasteiger partial charge in [0.15, 0.2) is 0 Å². The summed E-state index contributed by atoms with van der Waals surface area (Å²) in [5, 5.41) is 12.7. The van der Waals surface area contributed by atoms with Gasteiger partial charge in [-0.25, -0.2) is 0 Å². The van der Waals surface area contributed by atoms with Crippen LogP contribution in [0.1, 0.15) is 46.0 Å². The van der Waals surface area contributed by atoms with Gasteiger partial charge in [0, 0.05) is 13.2 Å². The van der Waals surface area contributed by atoms with Gasteiger partial charge in [-0.3, -0.25) is 0 Å². The van der Waals surface area contributed by atoms with Crippen molar-refractivity contribution in [2.75, 3.05) is 26.3 Å². The Kier molecular flexibility index (Phi) is 11.9. The fraction of sp³-hybridized carbons (Fsp3) is 1.00. The van der Waals surface area contributed by atoms with Gasteiger partial charge in [0.05, 0.1) is 12.7 Å². The van der Waals surface area contributed by atoms with Crippen LogP contribution in [0.3, 0.4) is 0 Å². The quantitative estimate of drug-likeness (QED) is 0.520. The van der Waals surface area contributed by atoms with Crippen LogP contribution in [0.15, 0.2) is 0 Å². The van der Waals surface area contributed by atoms with Crippen molar-refractivity contribution in [2.45, 2.75) is 52.1 Å². The lowest BCUT2D eigenvalue weighted by Crippen LogP contribution is -2.30. The standard InChI is InChI=1S/C12H27NO2/c1-3-5-6-7-9-15-11-12(14)10-13-8-4-2/h12-14H,3-11H2,1-2H3. The van der Waals surface area contributed by atoms with E-state index in [1.807, 2.05) is 0 Å². The first-order valence-corrected chi connectivity index (χ1v) is 6.27. The molecule has 0 aliphatic heterocycles. The van der Waals surface area contributed by atoms with Gasteiger partial charge in [-0.1, -0.05) is 33.1 Å². The summed E-state index contributed by atoms with van der Waals surface area (Å²) in [7, 11) is 0. The monoisotopic (exact) mass is 217 g/mol. The Morgan fingerprint density at radius 3 is 2.60 bits per heavy atom. The molecule has 0 aromatic heterocycles. The molecule has 1 atom stereocenters. The lowest BCUT2D eigenvalue weighted by Gasteiger charge is -2.11. The molecule has 0 bridgehead atoms. The van der Waals surface area contributed by atoms with Crippen molar-refractivity contribution in [1.29, 1.82) is 0 Å². The summed E-state index contributed by atoms with van der Waals surface area (Å²) in [6.45, 7) is 7.16. The maximum absolute atomic E-state index is 9.49. The van der Waals surface area contributed by atoms with Crippen LogP contribution >= 0.6 is 0 Å². The maximum atomic E-state index is 9.49. The van der Waals surface area contributed by atoms with Crippen molar-refractivity contribution < 1.29 is 9.84 Å². The Morgan fingerprint density at radius 1 is 1.13 bits per heavy atom. The molecule has 0 aliphatic carbocycles. The average molecular weight is 217 g/mol. The highest BCUT2D eigenvalue weighted by atomic mass is 16.5. The molecule has 0 rings (SSSR count). The molecule has 0 aromatic rings. The third-order valence-electron chi connectivity index (χ3n) is 2.26. The average Bonchev–Trinajstić information content (AvgIpc) is 2.23. The highest BCUT2D eigenvalue weighted by Gasteiger charge is 2.02. The molecule has 0 aliphatic rings. The number of ether oxygens (including phenoxy) is 1. The lowest BCUT2D eigenvalue weighted by molar-refractivity contribution is 0.0356. The molecule has 0 spiro atoms. The van der Waals surface area contributed by atoms with Gasteiger partial charge < -0.3 is 15.2 Å². The second-order valence-electron chi connectivity index (χ2n) is 3.99. The molecular weight excluding hydrogens is 190 g/mol. The second-order valence-corrected chi connectivity index (χ2v) is 3.99. The van der Waals surface area contributed by atoms with Gasteiger partial charge >= 0.3 is 0 Å². The molecule has 3 heteroatoms. The van der Waals surface area contributed by atoms with E-state index in [9.17, 15) is 5.11 Å². The van der Waals surface area contributed by atoms with Gasteiger partial charge in [-0.05, 0) is 19.4 Å². The van der Waals surface area contributed by atoms with E-state index in [4.69, 9.17) is 4.74 Å². The van der Waals surface area contributed by atoms with Crippen LogP contribution < -0.4 is 5.32 Å². The van der Waals surface area contributed by atoms with Crippen molar-refractivity contribution >= 4 is 0 Å². The van der Waals surface area contributed by atoms with E-state index in [0.717, 1.165) is 26.0 Å². The van der Waals surface area contributed by atoms with E-state index >= 15 is 0 Å². The molecule has 0 saturated heterocycles. The van der Waals surface area contributed by atoms with Crippen molar-refractivity contribution in [3.8, 4) is 0 Å². The summed E-state index contributed by atoms with van der Waals surface area (Å²) < 4.78 is 5.38. The number of hydrogen-bond acceptors (Lipinski definition) is 3. The predicted octanol–water partition coefficient (Wildman–Crippen LogP) is 1.94. The van der Waals surface area contributed by atoms with Crippen molar-refractivity contribution in [1.82, 2.24) is 5.32 Å². The van der Waals surface area contributed by atoms with Crippen LogP contribution in [0, 0.1) is 0 Å². The summed E-state index contributed by atoms with van der Waals surface area (Å²) in [6.07, 6.45) is 5.63. The molecule has 1 unspecified atom stereocenters. The normalized spacial score (nSPS) is 13.0. The van der Waals surface area contributed by atoms with Gasteiger partial charge in [0.2, 0.25) is 0 Å². The first kappa shape index (κ1) is 14.9. The number of hydrogen-bond donors (Lipinski definition) is 2. The molecule has 0 radical (unpaired) electrons. The largest absolute Gasteiger partial charge is 0.389 e. The zero-order chi connectivity index (χ0) is 11.4. The van der Waals surface area contributed by atoms with Gasteiger partial charge in [0.1, 0.15) is 0 Å². The van der Waals surface area contributed by atoms with Crippen LogP contribution in [0.4, 0.5) is 0 Å². The van der Waals surface area contributed by atoms with Gasteiger partial charge in [-0.15, -0.1) is 0 Å². The van der Waals surface area contributed by atoms with Crippen molar-refractivity contribution in [3.05, 3.63) is 0 Å². The van der Waals surface area contributed by atoms with E-state index in [1.165, 1.54) is 19.3 Å². The Labute approximate surface area is 94.2 Å². The molecule has 0 amide bonds. The lowest BCUT2D eigenvalue weighted by atomic mass is 10.2. The molecule has 0 heterocycles. The van der Waals surface area contributed by atoms with E-state index in [-0.39, 0.29) is 6.10 Å². The minimum Gasteiger partial charge on any atom is -0.389 e. The van der Waals surface area contributed by atoms with E-state index in [2.05, 4.69) is 19.2 Å². The molecule has 15 heavy (non-hydrogen) atoms. The van der Waals surface area contributed by atoms with E-state index in [1.54, 1.807) is 0 Å². The fourth-order valence-corrected chi connectivity index (χ4v) is 1.35. The predicted molar refractivity (Wildman–Crippen MR) is 64.1 cm³/mol. The summed E-state index contributed by atoms with van der Waals surface area (Å²) in [4.78, 5) is 0. The molecule has 92 valence electrons. The van der Waals surface area contributed by atoms with Crippen LogP contribution in [0.5, 0.6) is 0 Å². The van der Waals surface area contributed by atoms with E-state index < -0.39 is 0 Å². The highest BCUT2D eigenvalue weighted by Crippen LogP contribution is 1.99. The number of nitrogens with one attached hydrogen (secondary N) is 1. The SMILES string of the molecule is CCCCCCOCC(O)CNCCC. The summed E-state index contributed by atoms with van der Waals surface area (Å²) in [5.74, 6) is 0. The molecule has 0 fully saturated rings. The van der Waals surface area contributed by atoms with Gasteiger partial charge in [0.25, 0.3) is 0 Å². The molecule has 3 nitrogen and oxygen atoms in total. The maximum Gasteiger partial charge on any atom is 0.0897 e. The minimum absolute atomic E-state index is 0.359. The van der Waals surface area contributed by atoms with Gasteiger partial charge in [-0.2, -0.15) is 0 Å². The highest BCUT2D eigenvalue weighted by molar-refractivity contribution is 4.57. The van der Waals surface area contributed by atoms with Crippen LogP contribution in [-0.2, 0) is 4.74 Å². The summed E-state index contributed by atoms with van der Waals surface area (Å²) in [6, 6.07) is 0. The van der Waals surface area contributed by atoms with Crippen LogP contribution in [-0.4, -0.2) is 37.5 Å². The zero-order valence-corrected chi connectivity index (χ0v) is 10.3. The van der Waals surface area contributed by atoms with E-state index in [0.29, 0.717) is 13.2 Å². The molecule has 0 saturated carbocycles. The van der Waals surface area contributed by atoms with Crippen LogP contribution in [0.25, 0.3) is 0 Å². The Morgan fingerprint density at radius 2 is 1.93 bits per heavy atom. The summed E-state index contributed by atoms with van der Waals surface area (Å²) >= 11 is 0. The fourth-order valence-electron chi connectivity index (χ4n) is 1.35. The first-order chi connectivity index (χ1) is 7.31. The van der Waals surface area contributed by atoms with Crippen molar-refractivity contribution in [2.24, 2.45) is 0 Å². The number of rotatable bonds is 11. The molecular formula is C12H27NO2. The smallest absolute Gasteiger partial charge is 0.0897 e. The Bertz CT molecular complexity index is 120. The first-order valence-electron chi connectivity index (χ1n) is 6.27. The number of aliphatic hydroxyl groups is 1. The van der Waals surface area contributed by atoms with Crippen molar-refractivity contribution in [3.63, 3.8) is 0 Å². The zero-order valence-electron chi connectivity index (χ0n) is 10.3. The third kappa shape index (κ3) is 11.8.